The molecule has 1 fully saturated rings. The van der Waals surface area contributed by atoms with Crippen molar-refractivity contribution >= 4 is 35.0 Å². The van der Waals surface area contributed by atoms with Gasteiger partial charge in [-0.25, -0.2) is 18.2 Å². The van der Waals surface area contributed by atoms with Crippen molar-refractivity contribution in [2.24, 2.45) is 16.1 Å². The molecule has 1 unspecified atom stereocenters. The number of carbonyl (C=O) groups is 2. The van der Waals surface area contributed by atoms with Gasteiger partial charge in [-0.05, 0) is 25.1 Å². The number of carboxylic acids is 1. The van der Waals surface area contributed by atoms with E-state index in [4.69, 9.17) is 11.0 Å². The summed E-state index contributed by atoms with van der Waals surface area (Å²) in [6.45, 7) is 1.77. The zero-order chi connectivity index (χ0) is 25.5. The number of carboxylic acid groups (broad SMARTS) is 1. The molecule has 3 heterocycles. The second-order valence-corrected chi connectivity index (χ2v) is 8.36. The van der Waals surface area contributed by atoms with Gasteiger partial charge in [-0.2, -0.15) is 5.26 Å². The van der Waals surface area contributed by atoms with Crippen LogP contribution in [0, 0.1) is 34.3 Å². The summed E-state index contributed by atoms with van der Waals surface area (Å²) in [4.78, 5) is 37.2. The van der Waals surface area contributed by atoms with Crippen LogP contribution in [0.25, 0.3) is 0 Å². The van der Waals surface area contributed by atoms with Crippen LogP contribution in [0.4, 0.5) is 30.5 Å². The average molecular weight is 487 g/mol. The number of hydrogen-bond donors (Lipinski definition) is 2. The zero-order valence-electron chi connectivity index (χ0n) is 18.5. The number of fused-ring (bicyclic) bond motifs is 1. The fourth-order valence-corrected chi connectivity index (χ4v) is 4.16. The fourth-order valence-electron chi connectivity index (χ4n) is 4.16. The number of nitrogens with zero attached hydrogens (tertiary/aromatic N) is 6. The molecule has 1 atom stereocenters. The number of carbonyl (C=O) groups excluding carboxylic acids is 1. The third-order valence-corrected chi connectivity index (χ3v) is 6.15. The van der Waals surface area contributed by atoms with Crippen LogP contribution >= 0.6 is 0 Å². The summed E-state index contributed by atoms with van der Waals surface area (Å²) in [6.07, 6.45) is 1.60. The normalized spacial score (nSPS) is 20.5. The number of Topliss-reactive ketones (excluding diaryl/α,β-unsaturated/α-hetero) is 1. The molecule has 1 saturated heterocycles. The number of aromatic nitrogens is 1. The van der Waals surface area contributed by atoms with Gasteiger partial charge in [-0.15, -0.1) is 4.99 Å². The van der Waals surface area contributed by atoms with Crippen LogP contribution in [-0.4, -0.2) is 65.4 Å². The lowest BCUT2D eigenvalue weighted by atomic mass is 9.78. The third kappa shape index (κ3) is 4.07. The Hall–Kier alpha value is -4.34. The van der Waals surface area contributed by atoms with Gasteiger partial charge in [0.05, 0.1) is 11.3 Å². The maximum absolute atomic E-state index is 15.2. The molecule has 1 aromatic carbocycles. The first-order chi connectivity index (χ1) is 16.6. The Balaban J connectivity index is 1.78. The van der Waals surface area contributed by atoms with Gasteiger partial charge in [0.2, 0.25) is 12.2 Å². The number of aliphatic carboxylic acids is 1. The summed E-state index contributed by atoms with van der Waals surface area (Å²) in [7, 11) is 0. The Morgan fingerprint density at radius 3 is 2.46 bits per heavy atom. The highest BCUT2D eigenvalue weighted by Crippen LogP contribution is 2.42. The van der Waals surface area contributed by atoms with Crippen molar-refractivity contribution in [2.75, 3.05) is 42.5 Å². The summed E-state index contributed by atoms with van der Waals surface area (Å²) in [5.41, 5.74) is 3.18. The Bertz CT molecular complexity index is 1290. The third-order valence-electron chi connectivity index (χ3n) is 6.15. The topological polar surface area (TPSA) is 139 Å². The molecule has 0 spiro atoms. The number of benzene rings is 1. The maximum atomic E-state index is 15.2. The molecule has 0 radical (unpaired) electrons. The number of rotatable bonds is 3. The van der Waals surface area contributed by atoms with E-state index in [-0.39, 0.29) is 41.9 Å². The van der Waals surface area contributed by atoms with E-state index in [0.717, 1.165) is 30.0 Å². The lowest BCUT2D eigenvalue weighted by Gasteiger charge is -2.40. The molecule has 0 saturated carbocycles. The molecule has 3 N–H and O–H groups in total. The van der Waals surface area contributed by atoms with Crippen molar-refractivity contribution < 1.29 is 27.9 Å². The standard InChI is InChI=1S/C22H20F3N7O3/c1-22(20(34)35)10-32(16-3-2-12(23)8-14(16)24)18-13(17(22)33)9-15(25)19(29-18)30-4-6-31(7-5-30)21(27)28-11-26/h2-3,8-9H,4-7,10H2,1H3,(H2,27,28)(H,34,35). The molecule has 2 aliphatic rings. The first-order valence-corrected chi connectivity index (χ1v) is 10.5. The van der Waals surface area contributed by atoms with Crippen LogP contribution in [-0.2, 0) is 4.79 Å². The quantitative estimate of drug-likeness (QED) is 0.287. The van der Waals surface area contributed by atoms with E-state index in [1.54, 1.807) is 16.0 Å². The SMILES string of the molecule is CC1(C(=O)O)CN(c2ccc(F)cc2F)c2nc(N3CCN(C(N)=NC#N)CC3)c(F)cc2C1=O. The molecule has 13 heteroatoms. The van der Waals surface area contributed by atoms with Crippen LogP contribution in [0.1, 0.15) is 17.3 Å². The smallest absolute Gasteiger partial charge is 0.319 e. The van der Waals surface area contributed by atoms with E-state index in [2.05, 4.69) is 9.98 Å². The van der Waals surface area contributed by atoms with Crippen molar-refractivity contribution in [3.8, 4) is 6.19 Å². The minimum Gasteiger partial charge on any atom is -0.480 e. The number of nitriles is 1. The predicted molar refractivity (Wildman–Crippen MR) is 119 cm³/mol. The van der Waals surface area contributed by atoms with E-state index < -0.39 is 41.2 Å². The largest absolute Gasteiger partial charge is 0.480 e. The van der Waals surface area contributed by atoms with Crippen LogP contribution in [0.15, 0.2) is 29.3 Å². The lowest BCUT2D eigenvalue weighted by Crippen LogP contribution is -2.52. The molecule has 2 aromatic rings. The van der Waals surface area contributed by atoms with Crippen molar-refractivity contribution in [3.05, 3.63) is 47.3 Å². The number of hydrogen-bond acceptors (Lipinski definition) is 7. The van der Waals surface area contributed by atoms with Gasteiger partial charge in [0.1, 0.15) is 22.9 Å². The minimum absolute atomic E-state index is 0.0301. The zero-order valence-corrected chi connectivity index (χ0v) is 18.5. The van der Waals surface area contributed by atoms with Gasteiger partial charge in [0, 0.05) is 38.8 Å². The summed E-state index contributed by atoms with van der Waals surface area (Å²) < 4.78 is 43.4. The molecule has 182 valence electrons. The number of ketones is 1. The van der Waals surface area contributed by atoms with E-state index >= 15 is 4.39 Å². The molecule has 1 aromatic heterocycles. The fraction of sp³-hybridized carbons (Fsp3) is 0.318. The second-order valence-electron chi connectivity index (χ2n) is 8.36. The molecule has 2 aliphatic heterocycles. The Labute approximate surface area is 197 Å². The molecule has 0 amide bonds. The minimum atomic E-state index is -2.02. The van der Waals surface area contributed by atoms with E-state index in [1.807, 2.05) is 0 Å². The number of nitrogens with two attached hydrogens (primary N) is 1. The van der Waals surface area contributed by atoms with Crippen LogP contribution in [0.5, 0.6) is 0 Å². The lowest BCUT2D eigenvalue weighted by molar-refractivity contribution is -0.144. The summed E-state index contributed by atoms with van der Waals surface area (Å²) in [5.74, 6) is -5.28. The maximum Gasteiger partial charge on any atom is 0.319 e. The van der Waals surface area contributed by atoms with E-state index in [0.29, 0.717) is 19.2 Å². The first-order valence-electron chi connectivity index (χ1n) is 10.5. The van der Waals surface area contributed by atoms with Crippen molar-refractivity contribution in [3.63, 3.8) is 0 Å². The number of anilines is 3. The highest BCUT2D eigenvalue weighted by atomic mass is 19.1. The van der Waals surface area contributed by atoms with Gasteiger partial charge in [0.15, 0.2) is 17.4 Å². The molecule has 0 bridgehead atoms. The molecular weight excluding hydrogens is 467 g/mol. The van der Waals surface area contributed by atoms with Crippen LogP contribution in [0.2, 0.25) is 0 Å². The van der Waals surface area contributed by atoms with Gasteiger partial charge in [-0.1, -0.05) is 0 Å². The second kappa shape index (κ2) is 8.79. The van der Waals surface area contributed by atoms with Crippen molar-refractivity contribution in [1.82, 2.24) is 9.88 Å². The van der Waals surface area contributed by atoms with Crippen LogP contribution in [0.3, 0.4) is 0 Å². The van der Waals surface area contributed by atoms with E-state index in [1.165, 1.54) is 0 Å². The van der Waals surface area contributed by atoms with Crippen molar-refractivity contribution in [2.45, 2.75) is 6.92 Å². The number of pyridine rings is 1. The molecular formula is C22H20F3N7O3. The predicted octanol–water partition coefficient (Wildman–Crippen LogP) is 1.84. The molecule has 10 nitrogen and oxygen atoms in total. The summed E-state index contributed by atoms with van der Waals surface area (Å²) >= 11 is 0. The molecule has 0 aliphatic carbocycles. The van der Waals surface area contributed by atoms with Gasteiger partial charge in [0.25, 0.3) is 0 Å². The number of aliphatic imine (C=N–C) groups is 1. The average Bonchev–Trinajstić information content (AvgIpc) is 2.82. The summed E-state index contributed by atoms with van der Waals surface area (Å²) in [6, 6.07) is 3.61. The number of halogens is 3. The monoisotopic (exact) mass is 487 g/mol. The molecule has 4 rings (SSSR count). The van der Waals surface area contributed by atoms with Gasteiger partial charge < -0.3 is 25.5 Å². The van der Waals surface area contributed by atoms with E-state index in [9.17, 15) is 23.5 Å². The summed E-state index contributed by atoms with van der Waals surface area (Å²) in [5, 5.41) is 18.4. The van der Waals surface area contributed by atoms with Crippen LogP contribution < -0.4 is 15.5 Å². The first kappa shape index (κ1) is 23.8. The highest BCUT2D eigenvalue weighted by Gasteiger charge is 2.50. The Kier molecular flexibility index (Phi) is 5.98. The molecule has 35 heavy (non-hydrogen) atoms. The Morgan fingerprint density at radius 1 is 1.17 bits per heavy atom. The highest BCUT2D eigenvalue weighted by molar-refractivity contribution is 6.16. The van der Waals surface area contributed by atoms with Crippen molar-refractivity contribution in [1.29, 1.82) is 5.26 Å². The van der Waals surface area contributed by atoms with Gasteiger partial charge >= 0.3 is 5.97 Å². The van der Waals surface area contributed by atoms with Gasteiger partial charge in [-0.3, -0.25) is 9.59 Å². The Morgan fingerprint density at radius 2 is 1.86 bits per heavy atom. The number of guanidine groups is 1. The number of piperazine rings is 1.